The zero-order chi connectivity index (χ0) is 13.7. The van der Waals surface area contributed by atoms with Crippen LogP contribution in [-0.4, -0.2) is 25.9 Å². The monoisotopic (exact) mass is 252 g/mol. The van der Waals surface area contributed by atoms with Gasteiger partial charge in [0.05, 0.1) is 12.7 Å². The minimum absolute atomic E-state index is 0.247. The first kappa shape index (κ1) is 12.2. The molecule has 92 valence electrons. The Balaban J connectivity index is 2.24. The molecule has 0 atom stereocenters. The second-order valence-electron chi connectivity index (χ2n) is 3.48. The summed E-state index contributed by atoms with van der Waals surface area (Å²) in [6.45, 7) is 0. The molecule has 0 unspecified atom stereocenters. The maximum absolute atomic E-state index is 8.57. The summed E-state index contributed by atoms with van der Waals surface area (Å²) < 4.78 is 0. The molecule has 0 bridgehead atoms. The molecule has 0 radical (unpaired) electrons. The number of hydrazone groups is 1. The third-order valence-corrected chi connectivity index (χ3v) is 2.14. The van der Waals surface area contributed by atoms with Crippen molar-refractivity contribution in [3.8, 4) is 23.5 Å². The van der Waals surface area contributed by atoms with Crippen molar-refractivity contribution < 1.29 is 0 Å². The van der Waals surface area contributed by atoms with E-state index in [4.69, 9.17) is 10.5 Å². The Morgan fingerprint density at radius 1 is 1.37 bits per heavy atom. The van der Waals surface area contributed by atoms with Gasteiger partial charge < -0.3 is 0 Å². The molecule has 0 aliphatic rings. The second kappa shape index (κ2) is 5.38. The molecular formula is C11H8N8. The quantitative estimate of drug-likeness (QED) is 0.634. The molecule has 8 heteroatoms. The van der Waals surface area contributed by atoms with E-state index in [1.807, 2.05) is 6.07 Å². The molecule has 8 nitrogen and oxygen atoms in total. The highest BCUT2D eigenvalue weighted by Gasteiger charge is 2.04. The maximum atomic E-state index is 8.57. The second-order valence-corrected chi connectivity index (χ2v) is 3.48. The van der Waals surface area contributed by atoms with Gasteiger partial charge in [0.1, 0.15) is 12.1 Å². The highest BCUT2D eigenvalue weighted by atomic mass is 15.6. The van der Waals surface area contributed by atoms with Crippen LogP contribution in [-0.2, 0) is 7.05 Å². The number of rotatable bonds is 3. The Morgan fingerprint density at radius 3 is 2.79 bits per heavy atom. The number of aromatic nitrogens is 4. The molecule has 0 aliphatic carbocycles. The van der Waals surface area contributed by atoms with Gasteiger partial charge in [-0.3, -0.25) is 5.43 Å². The molecule has 1 aromatic heterocycles. The smallest absolute Gasteiger partial charge is 0.237 e. The summed E-state index contributed by atoms with van der Waals surface area (Å²) in [5.41, 5.74) is 3.75. The van der Waals surface area contributed by atoms with Gasteiger partial charge in [-0.1, -0.05) is 12.1 Å². The van der Waals surface area contributed by atoms with Crippen molar-refractivity contribution in [3.63, 3.8) is 0 Å². The average molecular weight is 252 g/mol. The number of hydrogen-bond acceptors (Lipinski definition) is 7. The number of benzene rings is 1. The summed E-state index contributed by atoms with van der Waals surface area (Å²) in [5, 5.41) is 32.5. The molecule has 2 aromatic rings. The molecule has 0 fully saturated rings. The first-order chi connectivity index (χ1) is 9.22. The Bertz CT molecular complexity index is 684. The van der Waals surface area contributed by atoms with E-state index in [1.165, 1.54) is 4.80 Å². The van der Waals surface area contributed by atoms with E-state index in [-0.39, 0.29) is 5.71 Å². The molecule has 0 aliphatic heterocycles. The predicted octanol–water partition coefficient (Wildman–Crippen LogP) is 0.692. The third kappa shape index (κ3) is 2.90. The van der Waals surface area contributed by atoms with Crippen molar-refractivity contribution in [3.05, 3.63) is 24.3 Å². The largest absolute Gasteiger partial charge is 0.276 e. The molecule has 0 saturated heterocycles. The minimum atomic E-state index is -0.247. The van der Waals surface area contributed by atoms with E-state index in [1.54, 1.807) is 37.4 Å². The van der Waals surface area contributed by atoms with Crippen molar-refractivity contribution in [1.82, 2.24) is 20.2 Å². The van der Waals surface area contributed by atoms with Crippen LogP contribution in [0.4, 0.5) is 5.69 Å². The van der Waals surface area contributed by atoms with Gasteiger partial charge in [-0.25, -0.2) is 0 Å². The lowest BCUT2D eigenvalue weighted by Crippen LogP contribution is -1.96. The fraction of sp³-hybridized carbons (Fsp3) is 0.0909. The highest BCUT2D eigenvalue weighted by Crippen LogP contribution is 2.18. The number of nitrogens with one attached hydrogen (secondary N) is 1. The predicted molar refractivity (Wildman–Crippen MR) is 66.5 cm³/mol. The first-order valence-electron chi connectivity index (χ1n) is 5.21. The molecule has 2 rings (SSSR count). The van der Waals surface area contributed by atoms with Crippen LogP contribution in [0.3, 0.4) is 0 Å². The SMILES string of the molecule is Cn1nnc(-c2cccc(NN=C(C#N)C#N)c2)n1. The van der Waals surface area contributed by atoms with E-state index < -0.39 is 0 Å². The molecular weight excluding hydrogens is 244 g/mol. The molecule has 19 heavy (non-hydrogen) atoms. The van der Waals surface area contributed by atoms with Crippen LogP contribution in [0, 0.1) is 22.7 Å². The van der Waals surface area contributed by atoms with E-state index in [2.05, 4.69) is 25.9 Å². The lowest BCUT2D eigenvalue weighted by Gasteiger charge is -2.01. The first-order valence-corrected chi connectivity index (χ1v) is 5.21. The van der Waals surface area contributed by atoms with Gasteiger partial charge in [-0.05, 0) is 17.3 Å². The minimum Gasteiger partial charge on any atom is -0.276 e. The Labute approximate surface area is 108 Å². The number of tetrazole rings is 1. The summed E-state index contributed by atoms with van der Waals surface area (Å²) in [5.74, 6) is 0.482. The van der Waals surface area contributed by atoms with E-state index >= 15 is 0 Å². The van der Waals surface area contributed by atoms with Gasteiger partial charge in [-0.2, -0.15) is 20.4 Å². The summed E-state index contributed by atoms with van der Waals surface area (Å²) in [6.07, 6.45) is 0. The molecule has 0 amide bonds. The van der Waals surface area contributed by atoms with Crippen LogP contribution in [0.2, 0.25) is 0 Å². The average Bonchev–Trinajstić information content (AvgIpc) is 2.87. The third-order valence-electron chi connectivity index (χ3n) is 2.14. The lowest BCUT2D eigenvalue weighted by atomic mass is 10.2. The van der Waals surface area contributed by atoms with Crippen LogP contribution < -0.4 is 5.43 Å². The van der Waals surface area contributed by atoms with Crippen molar-refractivity contribution in [2.45, 2.75) is 0 Å². The molecule has 0 spiro atoms. The maximum Gasteiger partial charge on any atom is 0.237 e. The zero-order valence-electron chi connectivity index (χ0n) is 9.94. The summed E-state index contributed by atoms with van der Waals surface area (Å²) in [7, 11) is 1.68. The van der Waals surface area contributed by atoms with Gasteiger partial charge in [-0.15, -0.1) is 10.2 Å². The number of aryl methyl sites for hydroxylation is 1. The number of hydrogen-bond donors (Lipinski definition) is 1. The van der Waals surface area contributed by atoms with E-state index in [0.29, 0.717) is 11.5 Å². The van der Waals surface area contributed by atoms with Crippen LogP contribution >= 0.6 is 0 Å². The van der Waals surface area contributed by atoms with Crippen molar-refractivity contribution >= 4 is 11.4 Å². The Kier molecular flexibility index (Phi) is 3.46. The molecule has 1 heterocycles. The molecule has 1 N–H and O–H groups in total. The van der Waals surface area contributed by atoms with Crippen LogP contribution in [0.1, 0.15) is 0 Å². The van der Waals surface area contributed by atoms with Gasteiger partial charge in [0.15, 0.2) is 0 Å². The number of nitrogens with zero attached hydrogens (tertiary/aromatic N) is 7. The standard InChI is InChI=1S/C11H8N8/c1-19-17-11(16-18-19)8-3-2-4-9(5-8)14-15-10(6-12)7-13/h2-5,14H,1H3. The summed E-state index contributed by atoms with van der Waals surface area (Å²) in [4.78, 5) is 1.36. The van der Waals surface area contributed by atoms with Gasteiger partial charge >= 0.3 is 0 Å². The van der Waals surface area contributed by atoms with Crippen LogP contribution in [0.25, 0.3) is 11.4 Å². The van der Waals surface area contributed by atoms with E-state index in [9.17, 15) is 0 Å². The van der Waals surface area contributed by atoms with Gasteiger partial charge in [0.2, 0.25) is 11.5 Å². The number of anilines is 1. The van der Waals surface area contributed by atoms with Crippen molar-refractivity contribution in [2.24, 2.45) is 12.1 Å². The summed E-state index contributed by atoms with van der Waals surface area (Å²) in [6, 6.07) is 10.4. The van der Waals surface area contributed by atoms with E-state index in [0.717, 1.165) is 5.56 Å². The lowest BCUT2D eigenvalue weighted by molar-refractivity contribution is 0.630. The van der Waals surface area contributed by atoms with Gasteiger partial charge in [0.25, 0.3) is 0 Å². The Morgan fingerprint density at radius 2 is 2.16 bits per heavy atom. The fourth-order valence-corrected chi connectivity index (χ4v) is 1.32. The van der Waals surface area contributed by atoms with Crippen LogP contribution in [0.5, 0.6) is 0 Å². The molecule has 1 aromatic carbocycles. The normalized spacial score (nSPS) is 9.21. The van der Waals surface area contributed by atoms with Crippen molar-refractivity contribution in [2.75, 3.05) is 5.43 Å². The highest BCUT2D eigenvalue weighted by molar-refractivity contribution is 6.10. The fourth-order valence-electron chi connectivity index (χ4n) is 1.32. The zero-order valence-corrected chi connectivity index (χ0v) is 9.94. The number of nitriles is 2. The Hall–Kier alpha value is -3.26. The summed E-state index contributed by atoms with van der Waals surface area (Å²) >= 11 is 0. The topological polar surface area (TPSA) is 116 Å². The van der Waals surface area contributed by atoms with Crippen molar-refractivity contribution in [1.29, 1.82) is 10.5 Å². The molecule has 0 saturated carbocycles. The van der Waals surface area contributed by atoms with Gasteiger partial charge in [0, 0.05) is 5.56 Å². The van der Waals surface area contributed by atoms with Crippen LogP contribution in [0.15, 0.2) is 29.4 Å².